The standard InChI is InChI=1S/C18H15N3O4S/c1-11(16(22)21-18(20)24)25-17(23)13-7-3-5-9-15(13)26-14-8-4-2-6-12(14)10-19/h2-9,11H,1H3,(H3,20,21,22,24). The zero-order chi connectivity index (χ0) is 19.1. The maximum atomic E-state index is 12.4. The number of carbonyl (C=O) groups is 3. The van der Waals surface area contributed by atoms with Crippen LogP contribution in [0.15, 0.2) is 58.3 Å². The molecule has 2 aromatic carbocycles. The summed E-state index contributed by atoms with van der Waals surface area (Å²) in [5.41, 5.74) is 5.59. The number of hydrogen-bond acceptors (Lipinski definition) is 6. The molecule has 0 aliphatic carbocycles. The lowest BCUT2D eigenvalue weighted by molar-refractivity contribution is -0.127. The van der Waals surface area contributed by atoms with Crippen LogP contribution in [0.25, 0.3) is 0 Å². The Morgan fingerprint density at radius 3 is 2.38 bits per heavy atom. The Labute approximate surface area is 154 Å². The van der Waals surface area contributed by atoms with Gasteiger partial charge in [0.15, 0.2) is 6.10 Å². The van der Waals surface area contributed by atoms with Crippen LogP contribution < -0.4 is 11.1 Å². The van der Waals surface area contributed by atoms with Crippen LogP contribution in [-0.4, -0.2) is 24.0 Å². The number of nitrogens with zero attached hydrogens (tertiary/aromatic N) is 1. The number of imide groups is 1. The summed E-state index contributed by atoms with van der Waals surface area (Å²) in [4.78, 5) is 36.0. The smallest absolute Gasteiger partial charge is 0.340 e. The Morgan fingerprint density at radius 2 is 1.73 bits per heavy atom. The topological polar surface area (TPSA) is 122 Å². The van der Waals surface area contributed by atoms with E-state index in [0.717, 1.165) is 0 Å². The molecule has 0 saturated carbocycles. The van der Waals surface area contributed by atoms with Gasteiger partial charge in [-0.05, 0) is 31.2 Å². The minimum atomic E-state index is -1.19. The van der Waals surface area contributed by atoms with E-state index >= 15 is 0 Å². The number of benzene rings is 2. The third-order valence-corrected chi connectivity index (χ3v) is 4.39. The number of amides is 3. The molecular formula is C18H15N3O4S. The number of nitrogens with one attached hydrogen (secondary N) is 1. The van der Waals surface area contributed by atoms with Crippen LogP contribution in [0.3, 0.4) is 0 Å². The summed E-state index contributed by atoms with van der Waals surface area (Å²) in [7, 11) is 0. The normalized spacial score (nSPS) is 11.1. The number of nitriles is 1. The Morgan fingerprint density at radius 1 is 1.12 bits per heavy atom. The molecule has 2 rings (SSSR count). The Hall–Kier alpha value is -3.31. The van der Waals surface area contributed by atoms with E-state index in [2.05, 4.69) is 6.07 Å². The van der Waals surface area contributed by atoms with Gasteiger partial charge in [0.1, 0.15) is 6.07 Å². The van der Waals surface area contributed by atoms with Crippen LogP contribution >= 0.6 is 11.8 Å². The van der Waals surface area contributed by atoms with E-state index in [9.17, 15) is 19.6 Å². The van der Waals surface area contributed by atoms with Crippen molar-refractivity contribution in [1.29, 1.82) is 5.26 Å². The first-order valence-corrected chi connectivity index (χ1v) is 8.31. The highest BCUT2D eigenvalue weighted by Crippen LogP contribution is 2.32. The summed E-state index contributed by atoms with van der Waals surface area (Å²) >= 11 is 1.24. The predicted molar refractivity (Wildman–Crippen MR) is 94.3 cm³/mol. The second-order valence-electron chi connectivity index (χ2n) is 5.11. The highest BCUT2D eigenvalue weighted by molar-refractivity contribution is 7.99. The maximum Gasteiger partial charge on any atom is 0.340 e. The molecule has 7 nitrogen and oxygen atoms in total. The van der Waals surface area contributed by atoms with E-state index in [4.69, 9.17) is 10.5 Å². The van der Waals surface area contributed by atoms with Crippen LogP contribution in [0.4, 0.5) is 4.79 Å². The Balaban J connectivity index is 2.20. The molecule has 0 aromatic heterocycles. The molecule has 3 amide bonds. The number of rotatable bonds is 5. The molecule has 3 N–H and O–H groups in total. The summed E-state index contributed by atoms with van der Waals surface area (Å²) in [5.74, 6) is -1.54. The highest BCUT2D eigenvalue weighted by atomic mass is 32.2. The first-order chi connectivity index (χ1) is 12.4. The molecule has 0 fully saturated rings. The maximum absolute atomic E-state index is 12.4. The number of primary amides is 1. The Bertz CT molecular complexity index is 892. The van der Waals surface area contributed by atoms with Crippen molar-refractivity contribution in [2.45, 2.75) is 22.8 Å². The molecule has 0 aliphatic heterocycles. The van der Waals surface area contributed by atoms with Gasteiger partial charge in [0.05, 0.1) is 11.1 Å². The SMILES string of the molecule is CC(OC(=O)c1ccccc1Sc1ccccc1C#N)C(=O)NC(N)=O. The van der Waals surface area contributed by atoms with Gasteiger partial charge < -0.3 is 10.5 Å². The molecule has 2 aromatic rings. The summed E-state index contributed by atoms with van der Waals surface area (Å²) in [6.45, 7) is 1.33. The fourth-order valence-corrected chi connectivity index (χ4v) is 3.01. The predicted octanol–water partition coefficient (Wildman–Crippen LogP) is 2.45. The molecule has 0 radical (unpaired) electrons. The lowest BCUT2D eigenvalue weighted by Crippen LogP contribution is -2.42. The average Bonchev–Trinajstić information content (AvgIpc) is 2.62. The molecule has 0 spiro atoms. The van der Waals surface area contributed by atoms with Crippen molar-refractivity contribution in [2.24, 2.45) is 5.73 Å². The largest absolute Gasteiger partial charge is 0.449 e. The Kier molecular flexibility index (Phi) is 6.36. The lowest BCUT2D eigenvalue weighted by atomic mass is 10.2. The summed E-state index contributed by atoms with van der Waals surface area (Å²) < 4.78 is 5.10. The zero-order valence-corrected chi connectivity index (χ0v) is 14.6. The van der Waals surface area contributed by atoms with Crippen molar-refractivity contribution in [3.8, 4) is 6.07 Å². The van der Waals surface area contributed by atoms with Gasteiger partial charge in [-0.15, -0.1) is 0 Å². The number of hydrogen-bond donors (Lipinski definition) is 2. The van der Waals surface area contributed by atoms with Crippen LogP contribution in [0, 0.1) is 11.3 Å². The van der Waals surface area contributed by atoms with Gasteiger partial charge in [-0.25, -0.2) is 9.59 Å². The molecule has 0 heterocycles. The van der Waals surface area contributed by atoms with Gasteiger partial charge >= 0.3 is 12.0 Å². The first-order valence-electron chi connectivity index (χ1n) is 7.49. The summed E-state index contributed by atoms with van der Waals surface area (Å²) in [5, 5.41) is 11.0. The van der Waals surface area contributed by atoms with Crippen LogP contribution in [-0.2, 0) is 9.53 Å². The van der Waals surface area contributed by atoms with E-state index in [1.165, 1.54) is 18.7 Å². The molecular weight excluding hydrogens is 354 g/mol. The fourth-order valence-electron chi connectivity index (χ4n) is 1.99. The highest BCUT2D eigenvalue weighted by Gasteiger charge is 2.22. The van der Waals surface area contributed by atoms with Crippen LogP contribution in [0.5, 0.6) is 0 Å². The quantitative estimate of drug-likeness (QED) is 0.781. The first kappa shape index (κ1) is 19.0. The van der Waals surface area contributed by atoms with E-state index in [0.29, 0.717) is 15.4 Å². The molecule has 1 unspecified atom stereocenters. The van der Waals surface area contributed by atoms with Gasteiger partial charge in [0, 0.05) is 9.79 Å². The minimum Gasteiger partial charge on any atom is -0.449 e. The van der Waals surface area contributed by atoms with Crippen molar-refractivity contribution < 1.29 is 19.1 Å². The second kappa shape index (κ2) is 8.69. The van der Waals surface area contributed by atoms with Crippen molar-refractivity contribution in [3.05, 3.63) is 59.7 Å². The fraction of sp³-hybridized carbons (Fsp3) is 0.111. The molecule has 0 bridgehead atoms. The number of nitrogens with two attached hydrogens (primary N) is 1. The lowest BCUT2D eigenvalue weighted by Gasteiger charge is -2.14. The second-order valence-corrected chi connectivity index (χ2v) is 6.19. The van der Waals surface area contributed by atoms with E-state index in [1.54, 1.807) is 48.5 Å². The number of ether oxygens (including phenoxy) is 1. The van der Waals surface area contributed by atoms with E-state index < -0.39 is 24.0 Å². The van der Waals surface area contributed by atoms with E-state index in [-0.39, 0.29) is 5.56 Å². The monoisotopic (exact) mass is 369 g/mol. The third kappa shape index (κ3) is 4.84. The molecule has 132 valence electrons. The van der Waals surface area contributed by atoms with Gasteiger partial charge in [-0.3, -0.25) is 10.1 Å². The van der Waals surface area contributed by atoms with Crippen molar-refractivity contribution in [3.63, 3.8) is 0 Å². The minimum absolute atomic E-state index is 0.240. The number of esters is 1. The number of carbonyl (C=O) groups excluding carboxylic acids is 3. The summed E-state index contributed by atoms with van der Waals surface area (Å²) in [6, 6.07) is 14.7. The van der Waals surface area contributed by atoms with Gasteiger partial charge in [0.2, 0.25) is 0 Å². The molecule has 0 aliphatic rings. The average molecular weight is 369 g/mol. The third-order valence-electron chi connectivity index (χ3n) is 3.23. The van der Waals surface area contributed by atoms with Gasteiger partial charge in [-0.1, -0.05) is 36.0 Å². The molecule has 26 heavy (non-hydrogen) atoms. The van der Waals surface area contributed by atoms with Crippen molar-refractivity contribution >= 4 is 29.7 Å². The van der Waals surface area contributed by atoms with Gasteiger partial charge in [-0.2, -0.15) is 5.26 Å². The van der Waals surface area contributed by atoms with Gasteiger partial charge in [0.25, 0.3) is 5.91 Å². The van der Waals surface area contributed by atoms with E-state index in [1.807, 2.05) is 5.32 Å². The summed E-state index contributed by atoms with van der Waals surface area (Å²) in [6.07, 6.45) is -1.19. The van der Waals surface area contributed by atoms with Crippen LogP contribution in [0.2, 0.25) is 0 Å². The number of urea groups is 1. The molecule has 0 saturated heterocycles. The van der Waals surface area contributed by atoms with Crippen LogP contribution in [0.1, 0.15) is 22.8 Å². The van der Waals surface area contributed by atoms with Crippen molar-refractivity contribution in [2.75, 3.05) is 0 Å². The van der Waals surface area contributed by atoms with Crippen molar-refractivity contribution in [1.82, 2.24) is 5.32 Å². The molecule has 1 atom stereocenters. The molecule has 8 heteroatoms. The zero-order valence-electron chi connectivity index (χ0n) is 13.8.